The maximum absolute atomic E-state index is 12.5. The SMILES string of the molecule is CCCC[C@](C)(O)CC=C[C@H]1C(=O)[C@H](CC=CCCCC(=O)O)C[C@H]1O. The molecule has 1 aliphatic carbocycles. The van der Waals surface area contributed by atoms with Crippen molar-refractivity contribution < 1.29 is 24.9 Å². The van der Waals surface area contributed by atoms with E-state index in [4.69, 9.17) is 5.11 Å². The summed E-state index contributed by atoms with van der Waals surface area (Å²) in [6.45, 7) is 3.89. The number of hydrogen-bond acceptors (Lipinski definition) is 4. The van der Waals surface area contributed by atoms with E-state index in [9.17, 15) is 19.8 Å². The molecule has 0 aliphatic heterocycles. The molecular weight excluding hydrogens is 332 g/mol. The van der Waals surface area contributed by atoms with Crippen LogP contribution in [0.1, 0.15) is 71.6 Å². The number of Topliss-reactive ketones (excluding diaryl/α,β-unsaturated/α-hetero) is 1. The van der Waals surface area contributed by atoms with Crippen molar-refractivity contribution in [2.45, 2.75) is 83.3 Å². The number of ketones is 1. The lowest BCUT2D eigenvalue weighted by atomic mass is 9.93. The van der Waals surface area contributed by atoms with Gasteiger partial charge < -0.3 is 15.3 Å². The fraction of sp³-hybridized carbons (Fsp3) is 0.714. The Balaban J connectivity index is 2.43. The fourth-order valence-corrected chi connectivity index (χ4v) is 3.33. The van der Waals surface area contributed by atoms with Gasteiger partial charge in [0.25, 0.3) is 0 Å². The number of allylic oxidation sites excluding steroid dienone is 2. The predicted octanol–water partition coefficient (Wildman–Crippen LogP) is 3.64. The molecule has 0 amide bonds. The Morgan fingerprint density at radius 3 is 2.65 bits per heavy atom. The van der Waals surface area contributed by atoms with Gasteiger partial charge in [0.05, 0.1) is 17.6 Å². The molecule has 3 N–H and O–H groups in total. The largest absolute Gasteiger partial charge is 0.481 e. The van der Waals surface area contributed by atoms with Crippen molar-refractivity contribution in [1.82, 2.24) is 0 Å². The van der Waals surface area contributed by atoms with Crippen LogP contribution in [0.2, 0.25) is 0 Å². The zero-order chi connectivity index (χ0) is 19.6. The molecular formula is C21H34O5. The van der Waals surface area contributed by atoms with Crippen LogP contribution >= 0.6 is 0 Å². The highest BCUT2D eigenvalue weighted by Gasteiger charge is 2.38. The van der Waals surface area contributed by atoms with Crippen molar-refractivity contribution in [2.75, 3.05) is 0 Å². The summed E-state index contributed by atoms with van der Waals surface area (Å²) in [5, 5.41) is 29.0. The van der Waals surface area contributed by atoms with Gasteiger partial charge in [0, 0.05) is 12.3 Å². The molecule has 4 atom stereocenters. The number of carboxylic acid groups (broad SMARTS) is 1. The van der Waals surface area contributed by atoms with Gasteiger partial charge in [-0.25, -0.2) is 0 Å². The molecule has 1 saturated carbocycles. The van der Waals surface area contributed by atoms with Gasteiger partial charge >= 0.3 is 5.97 Å². The zero-order valence-corrected chi connectivity index (χ0v) is 16.1. The van der Waals surface area contributed by atoms with E-state index < -0.39 is 23.6 Å². The average Bonchev–Trinajstić information content (AvgIpc) is 2.83. The highest BCUT2D eigenvalue weighted by atomic mass is 16.4. The first-order valence-electron chi connectivity index (χ1n) is 9.74. The van der Waals surface area contributed by atoms with Gasteiger partial charge in [-0.15, -0.1) is 0 Å². The second kappa shape index (κ2) is 11.3. The maximum Gasteiger partial charge on any atom is 0.303 e. The molecule has 26 heavy (non-hydrogen) atoms. The molecule has 5 heteroatoms. The Hall–Kier alpha value is -1.46. The second-order valence-corrected chi connectivity index (χ2v) is 7.65. The van der Waals surface area contributed by atoms with E-state index in [1.165, 1.54) is 0 Å². The van der Waals surface area contributed by atoms with Gasteiger partial charge in [0.15, 0.2) is 0 Å². The molecule has 0 aromatic carbocycles. The number of unbranched alkanes of at least 4 members (excludes halogenated alkanes) is 2. The first-order valence-corrected chi connectivity index (χ1v) is 9.74. The Bertz CT molecular complexity index is 507. The lowest BCUT2D eigenvalue weighted by Gasteiger charge is -2.21. The van der Waals surface area contributed by atoms with Crippen LogP contribution in [-0.2, 0) is 9.59 Å². The summed E-state index contributed by atoms with van der Waals surface area (Å²) < 4.78 is 0. The predicted molar refractivity (Wildman–Crippen MR) is 102 cm³/mol. The highest BCUT2D eigenvalue weighted by molar-refractivity contribution is 5.88. The quantitative estimate of drug-likeness (QED) is 0.362. The van der Waals surface area contributed by atoms with Crippen LogP contribution in [0.3, 0.4) is 0 Å². The van der Waals surface area contributed by atoms with Crippen molar-refractivity contribution in [3.8, 4) is 0 Å². The van der Waals surface area contributed by atoms with Gasteiger partial charge in [0.2, 0.25) is 0 Å². The van der Waals surface area contributed by atoms with E-state index in [1.807, 2.05) is 18.2 Å². The minimum absolute atomic E-state index is 0.0529. The molecule has 0 saturated heterocycles. The third kappa shape index (κ3) is 8.28. The molecule has 5 nitrogen and oxygen atoms in total. The normalized spacial score (nSPS) is 26.0. The molecule has 0 unspecified atom stereocenters. The van der Waals surface area contributed by atoms with E-state index in [0.29, 0.717) is 32.1 Å². The number of hydrogen-bond donors (Lipinski definition) is 3. The molecule has 0 radical (unpaired) electrons. The fourth-order valence-electron chi connectivity index (χ4n) is 3.33. The highest BCUT2D eigenvalue weighted by Crippen LogP contribution is 2.32. The Morgan fingerprint density at radius 1 is 1.27 bits per heavy atom. The Labute approximate surface area is 156 Å². The molecule has 148 valence electrons. The van der Waals surface area contributed by atoms with Crippen LogP contribution in [0, 0.1) is 11.8 Å². The van der Waals surface area contributed by atoms with Gasteiger partial charge in [-0.05, 0) is 45.4 Å². The Morgan fingerprint density at radius 2 is 2.00 bits per heavy atom. The minimum Gasteiger partial charge on any atom is -0.481 e. The number of rotatable bonds is 12. The standard InChI is InChI=1S/C21H34O5/c1-3-4-13-21(2,26)14-9-11-17-18(22)15-16(20(17)25)10-7-5-6-8-12-19(23)24/h5,7,9,11,16-18,22,26H,3-4,6,8,10,12-15H2,1-2H3,(H,23,24)/t16-,17-,18-,21+/m1/s1. The van der Waals surface area contributed by atoms with E-state index >= 15 is 0 Å². The maximum atomic E-state index is 12.5. The van der Waals surface area contributed by atoms with Crippen LogP contribution in [0.5, 0.6) is 0 Å². The first-order chi connectivity index (χ1) is 12.3. The molecule has 0 heterocycles. The summed E-state index contributed by atoms with van der Waals surface area (Å²) in [4.78, 5) is 22.9. The summed E-state index contributed by atoms with van der Waals surface area (Å²) in [6, 6.07) is 0. The summed E-state index contributed by atoms with van der Waals surface area (Å²) in [5.74, 6) is -1.41. The zero-order valence-electron chi connectivity index (χ0n) is 16.1. The molecule has 0 aromatic heterocycles. The molecule has 1 aliphatic rings. The monoisotopic (exact) mass is 366 g/mol. The Kier molecular flexibility index (Phi) is 9.81. The summed E-state index contributed by atoms with van der Waals surface area (Å²) >= 11 is 0. The molecule has 0 bridgehead atoms. The smallest absolute Gasteiger partial charge is 0.303 e. The van der Waals surface area contributed by atoms with Crippen molar-refractivity contribution >= 4 is 11.8 Å². The number of aliphatic carboxylic acids is 1. The molecule has 0 aromatic rings. The second-order valence-electron chi connectivity index (χ2n) is 7.65. The van der Waals surface area contributed by atoms with E-state index in [1.54, 1.807) is 13.0 Å². The van der Waals surface area contributed by atoms with Gasteiger partial charge in [-0.2, -0.15) is 0 Å². The number of carbonyl (C=O) groups excluding carboxylic acids is 1. The molecule has 0 spiro atoms. The molecule has 1 fully saturated rings. The van der Waals surface area contributed by atoms with Gasteiger partial charge in [0.1, 0.15) is 5.78 Å². The van der Waals surface area contributed by atoms with Crippen molar-refractivity contribution in [2.24, 2.45) is 11.8 Å². The van der Waals surface area contributed by atoms with Crippen LogP contribution < -0.4 is 0 Å². The molecule has 1 rings (SSSR count). The average molecular weight is 366 g/mol. The number of aliphatic hydroxyl groups is 2. The van der Waals surface area contributed by atoms with Gasteiger partial charge in [-0.3, -0.25) is 9.59 Å². The number of aliphatic hydroxyl groups excluding tert-OH is 1. The van der Waals surface area contributed by atoms with Gasteiger partial charge in [-0.1, -0.05) is 44.1 Å². The van der Waals surface area contributed by atoms with Crippen LogP contribution in [0.25, 0.3) is 0 Å². The number of carbonyl (C=O) groups is 2. The lowest BCUT2D eigenvalue weighted by molar-refractivity contribution is -0.137. The first kappa shape index (κ1) is 22.6. The topological polar surface area (TPSA) is 94.8 Å². The van der Waals surface area contributed by atoms with Crippen LogP contribution in [0.4, 0.5) is 0 Å². The van der Waals surface area contributed by atoms with E-state index in [0.717, 1.165) is 19.3 Å². The minimum atomic E-state index is -0.796. The number of carboxylic acids is 1. The summed E-state index contributed by atoms with van der Waals surface area (Å²) in [7, 11) is 0. The lowest BCUT2D eigenvalue weighted by Crippen LogP contribution is -2.23. The van der Waals surface area contributed by atoms with Crippen molar-refractivity contribution in [1.29, 1.82) is 0 Å². The van der Waals surface area contributed by atoms with Crippen LogP contribution in [0.15, 0.2) is 24.3 Å². The summed E-state index contributed by atoms with van der Waals surface area (Å²) in [5.41, 5.74) is -0.767. The summed E-state index contributed by atoms with van der Waals surface area (Å²) in [6.07, 6.45) is 12.4. The van der Waals surface area contributed by atoms with E-state index in [-0.39, 0.29) is 18.1 Å². The third-order valence-corrected chi connectivity index (χ3v) is 4.99. The third-order valence-electron chi connectivity index (χ3n) is 4.99. The van der Waals surface area contributed by atoms with Crippen LogP contribution in [-0.4, -0.2) is 38.8 Å². The van der Waals surface area contributed by atoms with E-state index in [2.05, 4.69) is 6.92 Å². The van der Waals surface area contributed by atoms with Crippen molar-refractivity contribution in [3.05, 3.63) is 24.3 Å². The van der Waals surface area contributed by atoms with Crippen molar-refractivity contribution in [3.63, 3.8) is 0 Å².